The zero-order valence-corrected chi connectivity index (χ0v) is 19.2. The van der Waals surface area contributed by atoms with Crippen LogP contribution in [0.5, 0.6) is 0 Å². The fraction of sp³-hybridized carbons (Fsp3) is 0.304. The Balaban J connectivity index is 1.57. The highest BCUT2D eigenvalue weighted by molar-refractivity contribution is 7.53. The van der Waals surface area contributed by atoms with Crippen LogP contribution in [0.3, 0.4) is 0 Å². The second-order valence-corrected chi connectivity index (χ2v) is 9.21. The van der Waals surface area contributed by atoms with Crippen molar-refractivity contribution in [1.29, 1.82) is 0 Å². The summed E-state index contributed by atoms with van der Waals surface area (Å²) in [5.41, 5.74) is 2.29. The van der Waals surface area contributed by atoms with Gasteiger partial charge in [-0.05, 0) is 56.2 Å². The van der Waals surface area contributed by atoms with Crippen LogP contribution < -0.4 is 5.32 Å². The zero-order valence-electron chi connectivity index (χ0n) is 18.3. The number of rotatable bonds is 11. The van der Waals surface area contributed by atoms with Gasteiger partial charge in [-0.2, -0.15) is 0 Å². The molecule has 0 aliphatic rings. The number of hydrogen-bond donors (Lipinski definition) is 1. The number of benzene rings is 2. The number of anilines is 1. The number of carbonyl (C=O) groups excluding carboxylic acids is 1. The lowest BCUT2D eigenvalue weighted by Gasteiger charge is -2.17. The van der Waals surface area contributed by atoms with Crippen molar-refractivity contribution in [2.24, 2.45) is 0 Å². The first-order valence-electron chi connectivity index (χ1n) is 10.5. The smallest absolute Gasteiger partial charge is 0.335 e. The van der Waals surface area contributed by atoms with E-state index >= 15 is 0 Å². The maximum atomic E-state index is 13.5. The molecule has 7 nitrogen and oxygen atoms in total. The summed E-state index contributed by atoms with van der Waals surface area (Å²) in [5, 5.41) is 6.50. The average molecular weight is 478 g/mol. The van der Waals surface area contributed by atoms with Crippen LogP contribution in [0, 0.1) is 11.6 Å². The summed E-state index contributed by atoms with van der Waals surface area (Å²) in [6.07, 6.45) is 2.02. The van der Waals surface area contributed by atoms with E-state index in [1.165, 1.54) is 12.3 Å². The standard InChI is InChI=1S/C23H25F2N2O5P/c1-3-30-33(29,31-4-2)15-16-5-9-19(10-6-16)27-22(28)12-8-18-14-26-32-23(18)17-7-11-20(24)21(25)13-17/h5-7,9-11,13-14H,3-4,8,12,15H2,1-2H3,(H,27,28). The largest absolute Gasteiger partial charge is 0.356 e. The monoisotopic (exact) mass is 478 g/mol. The molecule has 10 heteroatoms. The van der Waals surface area contributed by atoms with Crippen LogP contribution in [0.2, 0.25) is 0 Å². The first kappa shape index (κ1) is 24.8. The van der Waals surface area contributed by atoms with Crippen LogP contribution in [0.25, 0.3) is 11.3 Å². The molecule has 176 valence electrons. The molecule has 1 aromatic heterocycles. The van der Waals surface area contributed by atoms with Crippen LogP contribution in [0.15, 0.2) is 53.2 Å². The van der Waals surface area contributed by atoms with E-state index in [1.54, 1.807) is 38.1 Å². The van der Waals surface area contributed by atoms with Gasteiger partial charge in [0.25, 0.3) is 0 Å². The molecule has 0 atom stereocenters. The van der Waals surface area contributed by atoms with E-state index in [4.69, 9.17) is 13.6 Å². The number of nitrogens with zero attached hydrogens (tertiary/aromatic N) is 1. The van der Waals surface area contributed by atoms with Crippen molar-refractivity contribution in [3.05, 3.63) is 71.4 Å². The molecular formula is C23H25F2N2O5P. The third kappa shape index (κ3) is 6.81. The van der Waals surface area contributed by atoms with Crippen LogP contribution in [-0.2, 0) is 31.0 Å². The van der Waals surface area contributed by atoms with E-state index < -0.39 is 19.2 Å². The molecule has 0 spiro atoms. The Bertz CT molecular complexity index is 1120. The van der Waals surface area contributed by atoms with E-state index in [1.807, 2.05) is 0 Å². The lowest BCUT2D eigenvalue weighted by atomic mass is 10.0. The van der Waals surface area contributed by atoms with E-state index in [9.17, 15) is 18.1 Å². The molecule has 0 bridgehead atoms. The topological polar surface area (TPSA) is 90.7 Å². The van der Waals surface area contributed by atoms with Crippen molar-refractivity contribution in [1.82, 2.24) is 5.16 Å². The number of hydrogen-bond acceptors (Lipinski definition) is 6. The Hall–Kier alpha value is -2.87. The van der Waals surface area contributed by atoms with Crippen LogP contribution in [0.1, 0.15) is 31.4 Å². The van der Waals surface area contributed by atoms with Crippen molar-refractivity contribution in [3.8, 4) is 11.3 Å². The quantitative estimate of drug-likeness (QED) is 0.342. The molecule has 1 heterocycles. The van der Waals surface area contributed by atoms with E-state index in [0.29, 0.717) is 29.0 Å². The maximum absolute atomic E-state index is 13.5. The van der Waals surface area contributed by atoms with Gasteiger partial charge in [0, 0.05) is 23.2 Å². The Labute approximate surface area is 190 Å². The first-order chi connectivity index (χ1) is 15.8. The molecule has 0 saturated heterocycles. The molecule has 1 amide bonds. The number of aryl methyl sites for hydroxylation is 1. The minimum Gasteiger partial charge on any atom is -0.356 e. The number of carbonyl (C=O) groups is 1. The minimum absolute atomic E-state index is 0.128. The van der Waals surface area contributed by atoms with Crippen LogP contribution in [0.4, 0.5) is 14.5 Å². The SMILES string of the molecule is CCOP(=O)(Cc1ccc(NC(=O)CCc2cnoc2-c2ccc(F)c(F)c2)cc1)OCC. The highest BCUT2D eigenvalue weighted by Crippen LogP contribution is 2.51. The molecular weight excluding hydrogens is 453 g/mol. The highest BCUT2D eigenvalue weighted by Gasteiger charge is 2.24. The summed E-state index contributed by atoms with van der Waals surface area (Å²) in [4.78, 5) is 12.4. The molecule has 0 aliphatic carbocycles. The second-order valence-electron chi connectivity index (χ2n) is 7.16. The Morgan fingerprint density at radius 3 is 2.39 bits per heavy atom. The highest BCUT2D eigenvalue weighted by atomic mass is 31.2. The molecule has 1 N–H and O–H groups in total. The Morgan fingerprint density at radius 2 is 1.76 bits per heavy atom. The summed E-state index contributed by atoms with van der Waals surface area (Å²) in [7, 11) is -3.21. The Morgan fingerprint density at radius 1 is 1.06 bits per heavy atom. The van der Waals surface area contributed by atoms with Gasteiger partial charge in [-0.3, -0.25) is 9.36 Å². The predicted molar refractivity (Wildman–Crippen MR) is 120 cm³/mol. The normalized spacial score (nSPS) is 11.5. The number of halogens is 2. The molecule has 2 aromatic carbocycles. The zero-order chi connectivity index (χ0) is 23.8. The van der Waals surface area contributed by atoms with Gasteiger partial charge in [0.15, 0.2) is 17.4 Å². The van der Waals surface area contributed by atoms with Crippen LogP contribution >= 0.6 is 7.60 Å². The third-order valence-corrected chi connectivity index (χ3v) is 6.77. The maximum Gasteiger partial charge on any atom is 0.335 e. The number of nitrogens with one attached hydrogen (secondary N) is 1. The first-order valence-corrected chi connectivity index (χ1v) is 12.2. The number of amides is 1. The molecule has 3 rings (SSSR count). The molecule has 0 radical (unpaired) electrons. The summed E-state index contributed by atoms with van der Waals surface area (Å²) in [5.74, 6) is -1.90. The molecule has 0 unspecified atom stereocenters. The van der Waals surface area contributed by atoms with Gasteiger partial charge in [0.1, 0.15) is 0 Å². The van der Waals surface area contributed by atoms with Crippen molar-refractivity contribution in [2.45, 2.75) is 32.9 Å². The van der Waals surface area contributed by atoms with Crippen molar-refractivity contribution >= 4 is 19.2 Å². The van der Waals surface area contributed by atoms with Gasteiger partial charge < -0.3 is 18.9 Å². The van der Waals surface area contributed by atoms with Crippen molar-refractivity contribution in [2.75, 3.05) is 18.5 Å². The number of aromatic nitrogens is 1. The molecule has 0 aliphatic heterocycles. The summed E-state index contributed by atoms with van der Waals surface area (Å²) in [6, 6.07) is 10.3. The fourth-order valence-corrected chi connectivity index (χ4v) is 4.93. The Kier molecular flexibility index (Phi) is 8.49. The molecule has 0 saturated carbocycles. The van der Waals surface area contributed by atoms with E-state index in [0.717, 1.165) is 17.7 Å². The summed E-state index contributed by atoms with van der Waals surface area (Å²) >= 11 is 0. The third-order valence-electron chi connectivity index (χ3n) is 4.71. The van der Waals surface area contributed by atoms with Crippen molar-refractivity contribution in [3.63, 3.8) is 0 Å². The fourth-order valence-electron chi connectivity index (χ4n) is 3.22. The predicted octanol–water partition coefficient (Wildman–Crippen LogP) is 5.96. The van der Waals surface area contributed by atoms with Crippen LogP contribution in [-0.4, -0.2) is 24.3 Å². The lowest BCUT2D eigenvalue weighted by Crippen LogP contribution is -2.12. The van der Waals surface area contributed by atoms with Gasteiger partial charge in [-0.1, -0.05) is 17.3 Å². The van der Waals surface area contributed by atoms with E-state index in [-0.39, 0.29) is 31.7 Å². The summed E-state index contributed by atoms with van der Waals surface area (Å²) in [6.45, 7) is 4.08. The van der Waals surface area contributed by atoms with Gasteiger partial charge in [-0.15, -0.1) is 0 Å². The van der Waals surface area contributed by atoms with Gasteiger partial charge >= 0.3 is 7.60 Å². The van der Waals surface area contributed by atoms with Gasteiger partial charge in [-0.25, -0.2) is 8.78 Å². The molecule has 3 aromatic rings. The lowest BCUT2D eigenvalue weighted by molar-refractivity contribution is -0.116. The van der Waals surface area contributed by atoms with Gasteiger partial charge in [0.2, 0.25) is 5.91 Å². The molecule has 33 heavy (non-hydrogen) atoms. The van der Waals surface area contributed by atoms with E-state index in [2.05, 4.69) is 10.5 Å². The molecule has 0 fully saturated rings. The van der Waals surface area contributed by atoms with Crippen molar-refractivity contribution < 1.29 is 31.7 Å². The summed E-state index contributed by atoms with van der Waals surface area (Å²) < 4.78 is 55.1. The second kappa shape index (κ2) is 11.3. The van der Waals surface area contributed by atoms with Gasteiger partial charge in [0.05, 0.1) is 25.6 Å². The average Bonchev–Trinajstić information content (AvgIpc) is 3.24. The minimum atomic E-state index is -3.21.